The minimum absolute atomic E-state index is 0.227. The zero-order chi connectivity index (χ0) is 22.1. The van der Waals surface area contributed by atoms with Crippen LogP contribution in [0.3, 0.4) is 0 Å². The van der Waals surface area contributed by atoms with Crippen molar-refractivity contribution in [1.29, 1.82) is 0 Å². The summed E-state index contributed by atoms with van der Waals surface area (Å²) in [6, 6.07) is 15.8. The monoisotopic (exact) mass is 429 g/mol. The Balaban J connectivity index is 1.43. The van der Waals surface area contributed by atoms with Crippen molar-refractivity contribution in [3.05, 3.63) is 59.9 Å². The van der Waals surface area contributed by atoms with E-state index >= 15 is 0 Å². The van der Waals surface area contributed by atoms with Crippen LogP contribution in [0.15, 0.2) is 48.5 Å². The number of carbonyl (C=O) groups excluding carboxylic acids is 1. The van der Waals surface area contributed by atoms with Crippen LogP contribution < -0.4 is 19.9 Å². The van der Waals surface area contributed by atoms with Gasteiger partial charge in [-0.05, 0) is 63.1 Å². The molecule has 0 atom stereocenters. The molecule has 0 saturated carbocycles. The van der Waals surface area contributed by atoms with Gasteiger partial charge in [-0.2, -0.15) is 0 Å². The Labute approximate surface area is 188 Å². The maximum Gasteiger partial charge on any atom is 0.327 e. The average molecular weight is 430 g/mol. The molecular formula is C25H27N5O2. The average Bonchev–Trinajstić information content (AvgIpc) is 3.33. The molecule has 1 N–H and O–H groups in total. The Morgan fingerprint density at radius 3 is 2.53 bits per heavy atom. The van der Waals surface area contributed by atoms with Crippen LogP contribution in [0.1, 0.15) is 24.2 Å². The fraction of sp³-hybridized carbons (Fsp3) is 0.320. The van der Waals surface area contributed by atoms with Crippen molar-refractivity contribution in [3.63, 3.8) is 0 Å². The van der Waals surface area contributed by atoms with Gasteiger partial charge in [0.25, 0.3) is 0 Å². The molecule has 1 aromatic carbocycles. The number of aryl methyl sites for hydroxylation is 2. The summed E-state index contributed by atoms with van der Waals surface area (Å²) in [5.41, 5.74) is 5.52. The Morgan fingerprint density at radius 1 is 0.969 bits per heavy atom. The second-order valence-electron chi connectivity index (χ2n) is 8.33. The summed E-state index contributed by atoms with van der Waals surface area (Å²) in [5, 5.41) is 2.98. The molecule has 0 bridgehead atoms. The number of benzene rings is 1. The van der Waals surface area contributed by atoms with Gasteiger partial charge in [-0.25, -0.2) is 9.78 Å². The molecule has 4 heterocycles. The van der Waals surface area contributed by atoms with E-state index in [4.69, 9.17) is 9.72 Å². The lowest BCUT2D eigenvalue weighted by Gasteiger charge is -2.29. The van der Waals surface area contributed by atoms with E-state index in [1.165, 1.54) is 18.5 Å². The summed E-state index contributed by atoms with van der Waals surface area (Å²) in [7, 11) is 0. The summed E-state index contributed by atoms with van der Waals surface area (Å²) in [6.45, 7) is 6.88. The second-order valence-corrected chi connectivity index (χ2v) is 8.33. The molecule has 7 nitrogen and oxygen atoms in total. The van der Waals surface area contributed by atoms with Crippen LogP contribution in [0.4, 0.5) is 22.0 Å². The van der Waals surface area contributed by atoms with Crippen LogP contribution in [0.25, 0.3) is 11.3 Å². The maximum absolute atomic E-state index is 13.1. The summed E-state index contributed by atoms with van der Waals surface area (Å²) in [5.74, 6) is 1.16. The highest BCUT2D eigenvalue weighted by molar-refractivity contribution is 6.02. The zero-order valence-electron chi connectivity index (χ0n) is 18.5. The van der Waals surface area contributed by atoms with E-state index in [-0.39, 0.29) is 6.03 Å². The minimum atomic E-state index is -0.227. The molecule has 32 heavy (non-hydrogen) atoms. The number of pyridine rings is 2. The SMILES string of the molecule is Cc1cc(NC(=O)N2CCOc3ccc(-c4cccc(N5CCCC5)c4)nc32)cc(C)n1. The normalized spacial score (nSPS) is 15.3. The van der Waals surface area contributed by atoms with E-state index in [0.29, 0.717) is 24.7 Å². The van der Waals surface area contributed by atoms with Gasteiger partial charge in [-0.15, -0.1) is 0 Å². The number of rotatable bonds is 3. The Hall–Kier alpha value is -3.61. The second kappa shape index (κ2) is 8.49. The number of nitrogens with zero attached hydrogens (tertiary/aromatic N) is 4. The third-order valence-electron chi connectivity index (χ3n) is 5.86. The Kier molecular flexibility index (Phi) is 5.39. The number of urea groups is 1. The first-order valence-corrected chi connectivity index (χ1v) is 11.1. The third-order valence-corrected chi connectivity index (χ3v) is 5.86. The van der Waals surface area contributed by atoms with Gasteiger partial charge in [0.15, 0.2) is 11.6 Å². The van der Waals surface area contributed by atoms with E-state index in [9.17, 15) is 4.79 Å². The molecule has 0 aliphatic carbocycles. The van der Waals surface area contributed by atoms with Crippen molar-refractivity contribution in [2.45, 2.75) is 26.7 Å². The van der Waals surface area contributed by atoms with Gasteiger partial charge in [-0.1, -0.05) is 12.1 Å². The molecule has 164 valence electrons. The van der Waals surface area contributed by atoms with Gasteiger partial charge >= 0.3 is 6.03 Å². The largest absolute Gasteiger partial charge is 0.488 e. The summed E-state index contributed by atoms with van der Waals surface area (Å²) in [4.78, 5) is 26.4. The molecule has 0 radical (unpaired) electrons. The maximum atomic E-state index is 13.1. The topological polar surface area (TPSA) is 70.6 Å². The molecule has 0 unspecified atom stereocenters. The van der Waals surface area contributed by atoms with Crippen molar-refractivity contribution < 1.29 is 9.53 Å². The van der Waals surface area contributed by atoms with Gasteiger partial charge in [0.05, 0.1) is 12.2 Å². The molecular weight excluding hydrogens is 402 g/mol. The van der Waals surface area contributed by atoms with Crippen LogP contribution in [0.5, 0.6) is 5.75 Å². The number of hydrogen-bond acceptors (Lipinski definition) is 5. The number of ether oxygens (including phenoxy) is 1. The third kappa shape index (κ3) is 4.10. The molecule has 1 fully saturated rings. The lowest BCUT2D eigenvalue weighted by molar-refractivity contribution is 0.249. The Bertz CT molecular complexity index is 1140. The standard InChI is InChI=1S/C25H27N5O2/c1-17-14-20(15-18(2)26-17)27-25(31)30-12-13-32-23-9-8-22(28-24(23)30)19-6-5-7-21(16-19)29-10-3-4-11-29/h5-9,14-16H,3-4,10-13H2,1-2H3,(H,26,27,31). The van der Waals surface area contributed by atoms with Crippen molar-refractivity contribution in [1.82, 2.24) is 9.97 Å². The van der Waals surface area contributed by atoms with Crippen LogP contribution in [-0.2, 0) is 0 Å². The lowest BCUT2D eigenvalue weighted by atomic mass is 10.1. The molecule has 0 spiro atoms. The summed E-state index contributed by atoms with van der Waals surface area (Å²) in [6.07, 6.45) is 2.47. The number of fused-ring (bicyclic) bond motifs is 1. The van der Waals surface area contributed by atoms with Gasteiger partial charge in [0, 0.05) is 41.4 Å². The van der Waals surface area contributed by atoms with Crippen LogP contribution in [-0.4, -0.2) is 42.2 Å². The van der Waals surface area contributed by atoms with Gasteiger partial charge in [0.2, 0.25) is 0 Å². The quantitative estimate of drug-likeness (QED) is 0.648. The van der Waals surface area contributed by atoms with Crippen molar-refractivity contribution >= 4 is 23.2 Å². The minimum Gasteiger partial charge on any atom is -0.488 e. The van der Waals surface area contributed by atoms with E-state index in [0.717, 1.165) is 41.4 Å². The highest BCUT2D eigenvalue weighted by atomic mass is 16.5. The number of amides is 2. The molecule has 2 amide bonds. The molecule has 1 saturated heterocycles. The summed E-state index contributed by atoms with van der Waals surface area (Å²) >= 11 is 0. The fourth-order valence-corrected chi connectivity index (χ4v) is 4.39. The smallest absolute Gasteiger partial charge is 0.327 e. The predicted octanol–water partition coefficient (Wildman–Crippen LogP) is 4.79. The summed E-state index contributed by atoms with van der Waals surface area (Å²) < 4.78 is 5.79. The molecule has 7 heteroatoms. The first-order valence-electron chi connectivity index (χ1n) is 11.1. The van der Waals surface area contributed by atoms with E-state index < -0.39 is 0 Å². The van der Waals surface area contributed by atoms with Crippen LogP contribution in [0, 0.1) is 13.8 Å². The van der Waals surface area contributed by atoms with Crippen LogP contribution in [0.2, 0.25) is 0 Å². The molecule has 3 aromatic rings. The number of aromatic nitrogens is 2. The van der Waals surface area contributed by atoms with Crippen molar-refractivity contribution in [2.75, 3.05) is 41.4 Å². The molecule has 2 aromatic heterocycles. The highest BCUT2D eigenvalue weighted by Gasteiger charge is 2.26. The number of nitrogens with one attached hydrogen (secondary N) is 1. The van der Waals surface area contributed by atoms with E-state index in [2.05, 4.69) is 39.5 Å². The molecule has 2 aliphatic heterocycles. The molecule has 2 aliphatic rings. The number of hydrogen-bond donors (Lipinski definition) is 1. The van der Waals surface area contributed by atoms with Crippen molar-refractivity contribution in [2.24, 2.45) is 0 Å². The highest BCUT2D eigenvalue weighted by Crippen LogP contribution is 2.34. The first-order chi connectivity index (χ1) is 15.6. The fourth-order valence-electron chi connectivity index (χ4n) is 4.39. The van der Waals surface area contributed by atoms with Gasteiger partial charge < -0.3 is 15.0 Å². The Morgan fingerprint density at radius 2 is 1.75 bits per heavy atom. The van der Waals surface area contributed by atoms with Crippen molar-refractivity contribution in [3.8, 4) is 17.0 Å². The van der Waals surface area contributed by atoms with Gasteiger partial charge in [0.1, 0.15) is 6.61 Å². The van der Waals surface area contributed by atoms with Crippen LogP contribution >= 0.6 is 0 Å². The van der Waals surface area contributed by atoms with E-state index in [1.54, 1.807) is 4.90 Å². The first kappa shape index (κ1) is 20.3. The number of anilines is 3. The predicted molar refractivity (Wildman–Crippen MR) is 127 cm³/mol. The van der Waals surface area contributed by atoms with Gasteiger partial charge in [-0.3, -0.25) is 9.88 Å². The zero-order valence-corrected chi connectivity index (χ0v) is 18.5. The van der Waals surface area contributed by atoms with E-state index in [1.807, 2.05) is 38.1 Å². The lowest BCUT2D eigenvalue weighted by Crippen LogP contribution is -2.41. The number of carbonyl (C=O) groups is 1. The molecule has 5 rings (SSSR count).